The molecule has 0 bridgehead atoms. The van der Waals surface area contributed by atoms with E-state index in [1.807, 2.05) is 30.3 Å². The second kappa shape index (κ2) is 7.50. The molecule has 0 fully saturated rings. The molecule has 0 spiro atoms. The molecule has 0 saturated heterocycles. The largest absolute Gasteiger partial charge is 0.295 e. The van der Waals surface area contributed by atoms with Gasteiger partial charge in [-0.05, 0) is 5.56 Å². The molecule has 0 radical (unpaired) electrons. The van der Waals surface area contributed by atoms with E-state index in [4.69, 9.17) is 10.5 Å². The minimum atomic E-state index is 0.737. The third kappa shape index (κ3) is 4.75. The van der Waals surface area contributed by atoms with Crippen LogP contribution < -0.4 is 11.3 Å². The highest BCUT2D eigenvalue weighted by Crippen LogP contribution is 1.95. The molecule has 62 valence electrons. The lowest BCUT2D eigenvalue weighted by Crippen LogP contribution is -2.20. The van der Waals surface area contributed by atoms with Gasteiger partial charge in [0.2, 0.25) is 0 Å². The smallest absolute Gasteiger partial charge is 0.0579 e. The number of rotatable bonds is 2. The van der Waals surface area contributed by atoms with Crippen LogP contribution in [0.1, 0.15) is 5.56 Å². The Bertz CT molecular complexity index is 169. The van der Waals surface area contributed by atoms with Gasteiger partial charge in [-0.1, -0.05) is 30.3 Å². The summed E-state index contributed by atoms with van der Waals surface area (Å²) in [5, 5.41) is 0. The molecule has 1 aromatic rings. The average Bonchev–Trinajstić information content (AvgIpc) is 2.11. The van der Waals surface area contributed by atoms with Crippen LogP contribution in [0.4, 0.5) is 0 Å². The molecule has 4 heteroatoms. The Morgan fingerprint density at radius 1 is 1.27 bits per heavy atom. The quantitative estimate of drug-likeness (QED) is 0.459. The highest BCUT2D eigenvalue weighted by molar-refractivity contribution is 6.04. The summed E-state index contributed by atoms with van der Waals surface area (Å²) in [6.07, 6.45) is 0. The van der Waals surface area contributed by atoms with Gasteiger partial charge in [0, 0.05) is 6.54 Å². The van der Waals surface area contributed by atoms with Crippen molar-refractivity contribution in [3.8, 4) is 0 Å². The van der Waals surface area contributed by atoms with Crippen LogP contribution in [0.3, 0.4) is 0 Å². The third-order valence-corrected chi connectivity index (χ3v) is 1.15. The summed E-state index contributed by atoms with van der Waals surface area (Å²) in [4.78, 5) is 0. The number of hydrazine groups is 1. The molecule has 0 unspecified atom stereocenters. The number of nitrogens with two attached hydrogens (primary N) is 1. The van der Waals surface area contributed by atoms with Gasteiger partial charge in [0.05, 0.1) is 11.9 Å². The van der Waals surface area contributed by atoms with E-state index in [0.717, 1.165) is 6.54 Å². The molecular formula is C7H11ClN2O. The van der Waals surface area contributed by atoms with Crippen LogP contribution in [0.2, 0.25) is 0 Å². The first-order chi connectivity index (χ1) is 5.43. The lowest BCUT2D eigenvalue weighted by molar-refractivity contribution is 0.632. The number of halogens is 1. The van der Waals surface area contributed by atoms with Gasteiger partial charge in [0.1, 0.15) is 0 Å². The van der Waals surface area contributed by atoms with Gasteiger partial charge in [-0.15, -0.1) is 0 Å². The highest BCUT2D eigenvalue weighted by atomic mass is 35.5. The highest BCUT2D eigenvalue weighted by Gasteiger charge is 1.83. The number of hydrogen-bond acceptors (Lipinski definition) is 3. The SMILES string of the molecule is NNCc1ccccc1.OCl. The summed E-state index contributed by atoms with van der Waals surface area (Å²) in [6.45, 7) is 0.737. The number of nitrogens with one attached hydrogen (secondary N) is 1. The maximum Gasteiger partial charge on any atom is 0.0579 e. The summed E-state index contributed by atoms with van der Waals surface area (Å²) in [5.41, 5.74) is 3.79. The van der Waals surface area contributed by atoms with E-state index >= 15 is 0 Å². The zero-order valence-electron chi connectivity index (χ0n) is 6.00. The Labute approximate surface area is 70.9 Å². The topological polar surface area (TPSA) is 58.3 Å². The van der Waals surface area contributed by atoms with E-state index in [0.29, 0.717) is 0 Å². The Morgan fingerprint density at radius 3 is 2.27 bits per heavy atom. The monoisotopic (exact) mass is 174 g/mol. The van der Waals surface area contributed by atoms with Crippen molar-refractivity contribution in [2.45, 2.75) is 6.54 Å². The molecule has 3 nitrogen and oxygen atoms in total. The molecule has 0 saturated carbocycles. The normalized spacial score (nSPS) is 8.27. The van der Waals surface area contributed by atoms with E-state index in [1.54, 1.807) is 0 Å². The third-order valence-electron chi connectivity index (χ3n) is 1.15. The fourth-order valence-corrected chi connectivity index (χ4v) is 0.714. The first kappa shape index (κ1) is 10.4. The molecule has 0 aromatic heterocycles. The molecule has 0 heterocycles. The zero-order chi connectivity index (χ0) is 8.53. The van der Waals surface area contributed by atoms with Crippen molar-refractivity contribution in [2.24, 2.45) is 5.84 Å². The number of benzene rings is 1. The van der Waals surface area contributed by atoms with E-state index < -0.39 is 0 Å². The Morgan fingerprint density at radius 2 is 1.82 bits per heavy atom. The van der Waals surface area contributed by atoms with Crippen molar-refractivity contribution >= 4 is 11.9 Å². The Balaban J connectivity index is 0.000000461. The molecule has 1 rings (SSSR count). The average molecular weight is 175 g/mol. The van der Waals surface area contributed by atoms with Crippen molar-refractivity contribution in [1.29, 1.82) is 0 Å². The van der Waals surface area contributed by atoms with Crippen molar-refractivity contribution in [2.75, 3.05) is 0 Å². The van der Waals surface area contributed by atoms with Crippen LogP contribution in [0.25, 0.3) is 0 Å². The molecule has 0 aliphatic rings. The standard InChI is InChI=1S/C7H10N2.ClHO/c8-9-6-7-4-2-1-3-5-7;1-2/h1-5,9H,6,8H2;2H. The minimum absolute atomic E-state index is 0.737. The summed E-state index contributed by atoms with van der Waals surface area (Å²) in [5.74, 6) is 5.11. The van der Waals surface area contributed by atoms with Crippen LogP contribution in [0.5, 0.6) is 0 Å². The van der Waals surface area contributed by atoms with E-state index in [1.165, 1.54) is 5.56 Å². The number of hydrogen-bond donors (Lipinski definition) is 3. The van der Waals surface area contributed by atoms with Gasteiger partial charge in [0.25, 0.3) is 0 Å². The van der Waals surface area contributed by atoms with Crippen molar-refractivity contribution in [3.63, 3.8) is 0 Å². The lowest BCUT2D eigenvalue weighted by atomic mass is 10.2. The fourth-order valence-electron chi connectivity index (χ4n) is 0.714. The van der Waals surface area contributed by atoms with Gasteiger partial charge < -0.3 is 0 Å². The van der Waals surface area contributed by atoms with Crippen LogP contribution in [0.15, 0.2) is 30.3 Å². The first-order valence-electron chi connectivity index (χ1n) is 3.08. The van der Waals surface area contributed by atoms with E-state index in [-0.39, 0.29) is 0 Å². The van der Waals surface area contributed by atoms with Crippen LogP contribution in [-0.2, 0) is 6.54 Å². The molecule has 0 aliphatic carbocycles. The van der Waals surface area contributed by atoms with Gasteiger partial charge in [-0.3, -0.25) is 15.9 Å². The van der Waals surface area contributed by atoms with Gasteiger partial charge in [0.15, 0.2) is 0 Å². The molecule has 0 atom stereocenters. The van der Waals surface area contributed by atoms with Gasteiger partial charge >= 0.3 is 0 Å². The lowest BCUT2D eigenvalue weighted by Gasteiger charge is -1.95. The predicted octanol–water partition coefficient (Wildman–Crippen LogP) is 0.782. The molecule has 0 amide bonds. The minimum Gasteiger partial charge on any atom is -0.295 e. The summed E-state index contributed by atoms with van der Waals surface area (Å²) in [7, 11) is 0. The molecule has 0 aliphatic heterocycles. The molecule has 11 heavy (non-hydrogen) atoms. The molecular weight excluding hydrogens is 164 g/mol. The summed E-state index contributed by atoms with van der Waals surface area (Å²) >= 11 is 3.64. The maximum absolute atomic E-state index is 6.47. The van der Waals surface area contributed by atoms with Crippen LogP contribution >= 0.6 is 11.9 Å². The Hall–Kier alpha value is -0.610. The second-order valence-corrected chi connectivity index (χ2v) is 1.87. The Kier molecular flexibility index (Phi) is 7.08. The van der Waals surface area contributed by atoms with Gasteiger partial charge in [-0.2, -0.15) is 0 Å². The van der Waals surface area contributed by atoms with Crippen molar-refractivity contribution in [3.05, 3.63) is 35.9 Å². The second-order valence-electron chi connectivity index (χ2n) is 1.87. The van der Waals surface area contributed by atoms with Crippen LogP contribution in [0, 0.1) is 0 Å². The molecule has 4 N–H and O–H groups in total. The predicted molar refractivity (Wildman–Crippen MR) is 45.5 cm³/mol. The van der Waals surface area contributed by atoms with Crippen molar-refractivity contribution < 1.29 is 4.66 Å². The van der Waals surface area contributed by atoms with Crippen molar-refractivity contribution in [1.82, 2.24) is 5.43 Å². The summed E-state index contributed by atoms with van der Waals surface area (Å²) < 4.78 is 6.47. The molecule has 1 aromatic carbocycles. The first-order valence-corrected chi connectivity index (χ1v) is 3.41. The van der Waals surface area contributed by atoms with E-state index in [2.05, 4.69) is 17.3 Å². The zero-order valence-corrected chi connectivity index (χ0v) is 6.75. The van der Waals surface area contributed by atoms with E-state index in [9.17, 15) is 0 Å². The van der Waals surface area contributed by atoms with Crippen LogP contribution in [-0.4, -0.2) is 4.66 Å². The maximum atomic E-state index is 6.47. The van der Waals surface area contributed by atoms with Gasteiger partial charge in [-0.25, -0.2) is 0 Å². The fraction of sp³-hybridized carbons (Fsp3) is 0.143. The summed E-state index contributed by atoms with van der Waals surface area (Å²) in [6, 6.07) is 10.0.